The number of carboxylic acid groups (broad SMARTS) is 1. The molecule has 17 heavy (non-hydrogen) atoms. The van der Waals surface area contributed by atoms with Gasteiger partial charge in [-0.2, -0.15) is 0 Å². The zero-order valence-electron chi connectivity index (χ0n) is 9.67. The Hall–Kier alpha value is -1.69. The van der Waals surface area contributed by atoms with E-state index in [1.165, 1.54) is 12.4 Å². The van der Waals surface area contributed by atoms with Crippen LogP contribution in [0.3, 0.4) is 0 Å². The van der Waals surface area contributed by atoms with Crippen molar-refractivity contribution in [1.82, 2.24) is 9.97 Å². The minimum atomic E-state index is -1.04. The van der Waals surface area contributed by atoms with Crippen molar-refractivity contribution in [1.29, 1.82) is 0 Å². The van der Waals surface area contributed by atoms with Gasteiger partial charge < -0.3 is 14.7 Å². The molecule has 0 radical (unpaired) electrons. The molecule has 1 aromatic heterocycles. The minimum Gasteiger partial charge on any atom is -0.476 e. The summed E-state index contributed by atoms with van der Waals surface area (Å²) in [4.78, 5) is 21.0. The summed E-state index contributed by atoms with van der Waals surface area (Å²) in [5, 5.41) is 9.04. The number of aromatic carboxylic acids is 1. The van der Waals surface area contributed by atoms with Gasteiger partial charge in [0.2, 0.25) is 0 Å². The zero-order valence-corrected chi connectivity index (χ0v) is 9.67. The normalized spacial score (nSPS) is 19.6. The summed E-state index contributed by atoms with van der Waals surface area (Å²) in [6.07, 6.45) is 3.91. The van der Waals surface area contributed by atoms with E-state index in [0.717, 1.165) is 19.5 Å². The largest absolute Gasteiger partial charge is 0.476 e. The smallest absolute Gasteiger partial charge is 0.358 e. The molecule has 1 aromatic rings. The van der Waals surface area contributed by atoms with Crippen LogP contribution in [0.2, 0.25) is 0 Å². The van der Waals surface area contributed by atoms with Crippen molar-refractivity contribution in [3.63, 3.8) is 0 Å². The molecule has 0 spiro atoms. The molecule has 0 saturated carbocycles. The Bertz CT molecular complexity index is 411. The van der Waals surface area contributed by atoms with Crippen LogP contribution in [0.15, 0.2) is 12.4 Å². The van der Waals surface area contributed by atoms with Crippen LogP contribution in [0.25, 0.3) is 0 Å². The van der Waals surface area contributed by atoms with E-state index in [2.05, 4.69) is 9.97 Å². The number of hydrogen-bond donors (Lipinski definition) is 1. The second-order valence-electron chi connectivity index (χ2n) is 4.09. The van der Waals surface area contributed by atoms with Gasteiger partial charge >= 0.3 is 5.97 Å². The Morgan fingerprint density at radius 2 is 2.35 bits per heavy atom. The Kier molecular flexibility index (Phi) is 3.53. The first kappa shape index (κ1) is 11.8. The summed E-state index contributed by atoms with van der Waals surface area (Å²) in [7, 11) is 1.67. The highest BCUT2D eigenvalue weighted by Gasteiger charge is 2.27. The molecule has 2 heterocycles. The van der Waals surface area contributed by atoms with Gasteiger partial charge in [-0.25, -0.2) is 14.8 Å². The van der Waals surface area contributed by atoms with Crippen LogP contribution in [0.5, 0.6) is 0 Å². The molecule has 1 N–H and O–H groups in total. The number of hydrogen-bond acceptors (Lipinski definition) is 5. The zero-order chi connectivity index (χ0) is 12.3. The van der Waals surface area contributed by atoms with Crippen molar-refractivity contribution in [2.75, 3.05) is 31.7 Å². The van der Waals surface area contributed by atoms with Gasteiger partial charge in [-0.3, -0.25) is 0 Å². The summed E-state index contributed by atoms with van der Waals surface area (Å²) >= 11 is 0. The molecule has 6 heteroatoms. The maximum atomic E-state index is 11.0. The molecule has 1 atom stereocenters. The highest BCUT2D eigenvalue weighted by Crippen LogP contribution is 2.24. The molecule has 0 bridgehead atoms. The predicted molar refractivity (Wildman–Crippen MR) is 61.2 cm³/mol. The third-order valence-corrected chi connectivity index (χ3v) is 2.87. The van der Waals surface area contributed by atoms with Crippen LogP contribution in [-0.4, -0.2) is 47.8 Å². The molecule has 0 aliphatic carbocycles. The lowest BCUT2D eigenvalue weighted by atomic mass is 10.1. The van der Waals surface area contributed by atoms with Crippen molar-refractivity contribution < 1.29 is 14.6 Å². The average Bonchev–Trinajstić information content (AvgIpc) is 2.78. The number of carbonyl (C=O) groups is 1. The van der Waals surface area contributed by atoms with E-state index in [4.69, 9.17) is 9.84 Å². The first-order chi connectivity index (χ1) is 8.22. The topological polar surface area (TPSA) is 75.5 Å². The monoisotopic (exact) mass is 237 g/mol. The molecular formula is C11H15N3O3. The van der Waals surface area contributed by atoms with Crippen LogP contribution >= 0.6 is 0 Å². The fourth-order valence-electron chi connectivity index (χ4n) is 2.11. The van der Waals surface area contributed by atoms with Gasteiger partial charge in [0.15, 0.2) is 11.5 Å². The van der Waals surface area contributed by atoms with Gasteiger partial charge in [0, 0.05) is 38.5 Å². The van der Waals surface area contributed by atoms with Gasteiger partial charge in [-0.15, -0.1) is 0 Å². The van der Waals surface area contributed by atoms with Crippen LogP contribution in [0.1, 0.15) is 16.9 Å². The van der Waals surface area contributed by atoms with Crippen LogP contribution < -0.4 is 4.90 Å². The van der Waals surface area contributed by atoms with Gasteiger partial charge in [0.05, 0.1) is 6.61 Å². The minimum absolute atomic E-state index is 0.0190. The van der Waals surface area contributed by atoms with Gasteiger partial charge in [-0.1, -0.05) is 0 Å². The summed E-state index contributed by atoms with van der Waals surface area (Å²) < 4.78 is 5.11. The summed E-state index contributed by atoms with van der Waals surface area (Å²) in [6, 6.07) is 0. The number of anilines is 1. The maximum Gasteiger partial charge on any atom is 0.358 e. The standard InChI is InChI=1S/C11H15N3O3/c1-17-7-8-2-5-14(6-8)10-9(11(15)16)12-3-4-13-10/h3-4,8H,2,5-7H2,1H3,(H,15,16). The van der Waals surface area contributed by atoms with Crippen LogP contribution in [0, 0.1) is 5.92 Å². The van der Waals surface area contributed by atoms with Crippen LogP contribution in [-0.2, 0) is 4.74 Å². The Morgan fingerprint density at radius 1 is 1.59 bits per heavy atom. The summed E-state index contributed by atoms with van der Waals surface area (Å²) in [5.41, 5.74) is 0.0190. The SMILES string of the molecule is COCC1CCN(c2nccnc2C(=O)O)C1. The molecule has 1 saturated heterocycles. The van der Waals surface area contributed by atoms with E-state index in [-0.39, 0.29) is 5.69 Å². The maximum absolute atomic E-state index is 11.0. The highest BCUT2D eigenvalue weighted by molar-refractivity contribution is 5.90. The van der Waals surface area contributed by atoms with E-state index >= 15 is 0 Å². The van der Waals surface area contributed by atoms with E-state index in [1.807, 2.05) is 4.90 Å². The Morgan fingerprint density at radius 3 is 3.06 bits per heavy atom. The van der Waals surface area contributed by atoms with E-state index in [0.29, 0.717) is 18.3 Å². The lowest BCUT2D eigenvalue weighted by molar-refractivity contribution is 0.0691. The molecule has 0 aromatic carbocycles. The lowest BCUT2D eigenvalue weighted by Crippen LogP contribution is -2.24. The first-order valence-electron chi connectivity index (χ1n) is 5.50. The number of carboxylic acids is 1. The van der Waals surface area contributed by atoms with E-state index < -0.39 is 5.97 Å². The Labute approximate surface area is 99.2 Å². The molecule has 2 rings (SSSR count). The first-order valence-corrected chi connectivity index (χ1v) is 5.50. The van der Waals surface area contributed by atoms with Crippen molar-refractivity contribution >= 4 is 11.8 Å². The third-order valence-electron chi connectivity index (χ3n) is 2.87. The van der Waals surface area contributed by atoms with Crippen molar-refractivity contribution in [2.24, 2.45) is 5.92 Å². The van der Waals surface area contributed by atoms with Crippen molar-refractivity contribution in [2.45, 2.75) is 6.42 Å². The van der Waals surface area contributed by atoms with Gasteiger partial charge in [0.25, 0.3) is 0 Å². The fraction of sp³-hybridized carbons (Fsp3) is 0.545. The molecule has 6 nitrogen and oxygen atoms in total. The van der Waals surface area contributed by atoms with E-state index in [1.54, 1.807) is 7.11 Å². The summed E-state index contributed by atoms with van der Waals surface area (Å²) in [6.45, 7) is 2.26. The van der Waals surface area contributed by atoms with Crippen LogP contribution in [0.4, 0.5) is 5.82 Å². The lowest BCUT2D eigenvalue weighted by Gasteiger charge is -2.18. The summed E-state index contributed by atoms with van der Waals surface area (Å²) in [5.74, 6) is -0.148. The van der Waals surface area contributed by atoms with Gasteiger partial charge in [-0.05, 0) is 6.42 Å². The Balaban J connectivity index is 2.16. The number of ether oxygens (including phenoxy) is 1. The number of aromatic nitrogens is 2. The molecular weight excluding hydrogens is 222 g/mol. The molecule has 0 amide bonds. The second-order valence-corrected chi connectivity index (χ2v) is 4.09. The molecule has 92 valence electrons. The van der Waals surface area contributed by atoms with E-state index in [9.17, 15) is 4.79 Å². The van der Waals surface area contributed by atoms with Crippen molar-refractivity contribution in [3.8, 4) is 0 Å². The van der Waals surface area contributed by atoms with Crippen molar-refractivity contribution in [3.05, 3.63) is 18.1 Å². The number of rotatable bonds is 4. The number of nitrogens with zero attached hydrogens (tertiary/aromatic N) is 3. The average molecular weight is 237 g/mol. The quantitative estimate of drug-likeness (QED) is 0.828. The highest BCUT2D eigenvalue weighted by atomic mass is 16.5. The molecule has 1 aliphatic heterocycles. The third kappa shape index (κ3) is 2.52. The predicted octanol–water partition coefficient (Wildman–Crippen LogP) is 0.647. The van der Waals surface area contributed by atoms with Gasteiger partial charge in [0.1, 0.15) is 0 Å². The molecule has 1 unspecified atom stereocenters. The fourth-order valence-corrected chi connectivity index (χ4v) is 2.11. The molecule has 1 fully saturated rings. The number of methoxy groups -OCH3 is 1. The molecule has 1 aliphatic rings. The second kappa shape index (κ2) is 5.09.